The van der Waals surface area contributed by atoms with E-state index in [1.807, 2.05) is 0 Å². The summed E-state index contributed by atoms with van der Waals surface area (Å²) in [5.41, 5.74) is -0.253. The summed E-state index contributed by atoms with van der Waals surface area (Å²) in [7, 11) is 0. The Morgan fingerprint density at radius 1 is 1.04 bits per heavy atom. The molecule has 5 fully saturated rings. The highest BCUT2D eigenvalue weighted by Crippen LogP contribution is 2.77. The van der Waals surface area contributed by atoms with Crippen LogP contribution in [0.3, 0.4) is 0 Å². The van der Waals surface area contributed by atoms with Crippen molar-refractivity contribution in [3.05, 3.63) is 0 Å². The van der Waals surface area contributed by atoms with Crippen LogP contribution in [0.25, 0.3) is 0 Å². The highest BCUT2D eigenvalue weighted by molar-refractivity contribution is 5.91. The Bertz CT molecular complexity index is 631. The maximum absolute atomic E-state index is 12.6. The monoisotopic (exact) mass is 346 g/mol. The van der Waals surface area contributed by atoms with Gasteiger partial charge >= 0.3 is 0 Å². The zero-order valence-electron chi connectivity index (χ0n) is 16.3. The van der Waals surface area contributed by atoms with Gasteiger partial charge in [-0.2, -0.15) is 0 Å². The maximum Gasteiger partial charge on any atom is 0.165 e. The van der Waals surface area contributed by atoms with Crippen LogP contribution in [0, 0.1) is 34.5 Å². The number of rotatable bonds is 1. The number of fused-ring (bicyclic) bond motifs is 7. The number of Topliss-reactive ketones (excluding diaryl/α,β-unsaturated/α-hetero) is 1. The second kappa shape index (κ2) is 4.70. The number of hydrogen-bond acceptors (Lipinski definition) is 3. The Balaban J connectivity index is 1.49. The molecular weight excluding hydrogens is 312 g/mol. The first kappa shape index (κ1) is 16.7. The van der Waals surface area contributed by atoms with Gasteiger partial charge in [-0.25, -0.2) is 0 Å². The van der Waals surface area contributed by atoms with Crippen LogP contribution in [0.15, 0.2) is 0 Å². The van der Waals surface area contributed by atoms with Gasteiger partial charge in [0.25, 0.3) is 0 Å². The molecule has 1 heterocycles. The lowest BCUT2D eigenvalue weighted by Gasteiger charge is -2.61. The van der Waals surface area contributed by atoms with E-state index in [0.29, 0.717) is 17.3 Å². The molecule has 4 saturated carbocycles. The van der Waals surface area contributed by atoms with Gasteiger partial charge in [0.15, 0.2) is 11.4 Å². The molecule has 0 aromatic rings. The van der Waals surface area contributed by atoms with Gasteiger partial charge in [-0.15, -0.1) is 0 Å². The average molecular weight is 347 g/mol. The van der Waals surface area contributed by atoms with E-state index >= 15 is 0 Å². The fourth-order valence-corrected chi connectivity index (χ4v) is 8.85. The van der Waals surface area contributed by atoms with Crippen LogP contribution in [0.1, 0.15) is 79.1 Å². The molecule has 0 radical (unpaired) electrons. The molecule has 140 valence electrons. The molecule has 0 amide bonds. The molecule has 3 heteroatoms. The fraction of sp³-hybridized carbons (Fsp3) is 0.955. The molecule has 0 spiro atoms. The van der Waals surface area contributed by atoms with E-state index in [0.717, 1.165) is 37.5 Å². The van der Waals surface area contributed by atoms with Gasteiger partial charge in [0.1, 0.15) is 5.60 Å². The Kier molecular flexibility index (Phi) is 3.15. The quantitative estimate of drug-likeness (QED) is 0.727. The minimum atomic E-state index is -0.490. The minimum absolute atomic E-state index is 0.0339. The van der Waals surface area contributed by atoms with Crippen molar-refractivity contribution in [1.82, 2.24) is 0 Å². The first-order valence-corrected chi connectivity index (χ1v) is 10.6. The second-order valence-corrected chi connectivity index (χ2v) is 10.8. The molecule has 9 atom stereocenters. The number of aliphatic hydroxyl groups excluding tert-OH is 1. The summed E-state index contributed by atoms with van der Waals surface area (Å²) in [4.78, 5) is 12.6. The van der Waals surface area contributed by atoms with Gasteiger partial charge in [0, 0.05) is 5.41 Å². The topological polar surface area (TPSA) is 49.8 Å². The van der Waals surface area contributed by atoms with E-state index in [1.165, 1.54) is 25.7 Å². The van der Waals surface area contributed by atoms with E-state index < -0.39 is 5.60 Å². The molecule has 4 aliphatic carbocycles. The predicted molar refractivity (Wildman–Crippen MR) is 96.0 cm³/mol. The van der Waals surface area contributed by atoms with Crippen LogP contribution in [0.2, 0.25) is 0 Å². The van der Waals surface area contributed by atoms with Crippen LogP contribution in [-0.2, 0) is 9.53 Å². The number of hydrogen-bond donors (Lipinski definition) is 1. The highest BCUT2D eigenvalue weighted by Gasteiger charge is 2.85. The van der Waals surface area contributed by atoms with E-state index in [-0.39, 0.29) is 22.9 Å². The molecule has 5 aliphatic rings. The maximum atomic E-state index is 12.6. The van der Waals surface area contributed by atoms with Gasteiger partial charge in [0.05, 0.1) is 6.10 Å². The second-order valence-electron chi connectivity index (χ2n) is 10.8. The molecule has 6 unspecified atom stereocenters. The number of carbonyl (C=O) groups is 1. The smallest absolute Gasteiger partial charge is 0.165 e. The van der Waals surface area contributed by atoms with Crippen LogP contribution in [0.5, 0.6) is 0 Å². The van der Waals surface area contributed by atoms with Crippen LogP contribution >= 0.6 is 0 Å². The molecular formula is C22H34O3. The number of ether oxygens (including phenoxy) is 1. The lowest BCUT2D eigenvalue weighted by Crippen LogP contribution is -2.56. The summed E-state index contributed by atoms with van der Waals surface area (Å²) in [6.45, 7) is 8.84. The predicted octanol–water partition coefficient (Wildman–Crippen LogP) is 4.12. The summed E-state index contributed by atoms with van der Waals surface area (Å²) in [5.74, 6) is 3.13. The highest BCUT2D eigenvalue weighted by atomic mass is 16.6. The Morgan fingerprint density at radius 2 is 1.80 bits per heavy atom. The molecule has 0 aromatic heterocycles. The molecule has 1 aliphatic heterocycles. The van der Waals surface area contributed by atoms with E-state index in [4.69, 9.17) is 4.74 Å². The standard InChI is InChI=1S/C22H34O3/c1-13(23)22-20(3)10-8-17-16(18(20)12-21(22,4)25-22)6-5-14-11-15(24)7-9-19(14,17)2/h14-18,24H,5-12H2,1-4H3/t14-,15?,16?,17?,18?,19?,20?,21+,22-/m0/s1. The molecule has 5 rings (SSSR count). The van der Waals surface area contributed by atoms with Crippen molar-refractivity contribution in [2.45, 2.75) is 96.4 Å². The largest absolute Gasteiger partial charge is 0.393 e. The summed E-state index contributed by atoms with van der Waals surface area (Å²) in [6.07, 6.45) is 9.14. The van der Waals surface area contributed by atoms with Crippen LogP contribution < -0.4 is 0 Å². The summed E-state index contributed by atoms with van der Waals surface area (Å²) >= 11 is 0. The van der Waals surface area contributed by atoms with Crippen molar-refractivity contribution >= 4 is 5.78 Å². The van der Waals surface area contributed by atoms with Crippen molar-refractivity contribution in [3.8, 4) is 0 Å². The molecule has 1 saturated heterocycles. The van der Waals surface area contributed by atoms with Crippen molar-refractivity contribution < 1.29 is 14.6 Å². The van der Waals surface area contributed by atoms with Crippen molar-refractivity contribution in [3.63, 3.8) is 0 Å². The Labute approximate surface area is 151 Å². The van der Waals surface area contributed by atoms with Crippen LogP contribution in [-0.4, -0.2) is 28.2 Å². The summed E-state index contributed by atoms with van der Waals surface area (Å²) in [5, 5.41) is 10.2. The first-order valence-electron chi connectivity index (χ1n) is 10.6. The zero-order valence-corrected chi connectivity index (χ0v) is 16.3. The normalized spacial score (nSPS) is 62.4. The third kappa shape index (κ3) is 1.74. The summed E-state index contributed by atoms with van der Waals surface area (Å²) < 4.78 is 6.20. The number of carbonyl (C=O) groups excluding carboxylic acids is 1. The average Bonchev–Trinajstić information content (AvgIpc) is 3.13. The van der Waals surface area contributed by atoms with Gasteiger partial charge in [-0.05, 0) is 94.3 Å². The third-order valence-corrected chi connectivity index (χ3v) is 10.0. The van der Waals surface area contributed by atoms with Gasteiger partial charge in [0.2, 0.25) is 0 Å². The molecule has 0 bridgehead atoms. The zero-order chi connectivity index (χ0) is 17.8. The van der Waals surface area contributed by atoms with Crippen molar-refractivity contribution in [2.24, 2.45) is 34.5 Å². The molecule has 0 aromatic carbocycles. The summed E-state index contributed by atoms with van der Waals surface area (Å²) in [6, 6.07) is 0. The molecule has 25 heavy (non-hydrogen) atoms. The third-order valence-electron chi connectivity index (χ3n) is 10.0. The van der Waals surface area contributed by atoms with Gasteiger partial charge in [-0.3, -0.25) is 4.79 Å². The van der Waals surface area contributed by atoms with Gasteiger partial charge in [-0.1, -0.05) is 13.8 Å². The lowest BCUT2D eigenvalue weighted by atomic mass is 9.44. The number of epoxide rings is 1. The van der Waals surface area contributed by atoms with E-state index in [1.54, 1.807) is 6.92 Å². The SMILES string of the molecule is CC(=O)[C@@]12O[C@]1(C)CC1C3CC[C@H]4CC(O)CCC4(C)C3CCC12C. The fourth-order valence-electron chi connectivity index (χ4n) is 8.85. The van der Waals surface area contributed by atoms with Gasteiger partial charge < -0.3 is 9.84 Å². The van der Waals surface area contributed by atoms with Crippen molar-refractivity contribution in [1.29, 1.82) is 0 Å². The minimum Gasteiger partial charge on any atom is -0.393 e. The molecule has 3 nitrogen and oxygen atoms in total. The van der Waals surface area contributed by atoms with Crippen molar-refractivity contribution in [2.75, 3.05) is 0 Å². The molecule has 1 N–H and O–H groups in total. The Morgan fingerprint density at radius 3 is 2.52 bits per heavy atom. The number of aliphatic hydroxyl groups is 1. The van der Waals surface area contributed by atoms with E-state index in [9.17, 15) is 9.90 Å². The lowest BCUT2D eigenvalue weighted by molar-refractivity contribution is -0.152. The Hall–Kier alpha value is -0.410. The first-order chi connectivity index (χ1) is 11.7. The van der Waals surface area contributed by atoms with Crippen LogP contribution in [0.4, 0.5) is 0 Å². The van der Waals surface area contributed by atoms with E-state index in [2.05, 4.69) is 20.8 Å². The number of ketones is 1.